The maximum Gasteiger partial charge on any atom is 0.254 e. The fourth-order valence-corrected chi connectivity index (χ4v) is 2.84. The van der Waals surface area contributed by atoms with Gasteiger partial charge in [0.25, 0.3) is 5.91 Å². The van der Waals surface area contributed by atoms with Crippen LogP contribution in [0.4, 0.5) is 0 Å². The molecule has 0 aliphatic carbocycles. The zero-order chi connectivity index (χ0) is 15.5. The largest absolute Gasteiger partial charge is 0.370 e. The van der Waals surface area contributed by atoms with E-state index in [0.717, 1.165) is 5.56 Å². The van der Waals surface area contributed by atoms with Crippen LogP contribution in [0.5, 0.6) is 0 Å². The molecular formula is C17H15Cl2NO2. The van der Waals surface area contributed by atoms with E-state index in [1.165, 1.54) is 0 Å². The van der Waals surface area contributed by atoms with Crippen molar-refractivity contribution in [2.45, 2.75) is 6.10 Å². The summed E-state index contributed by atoms with van der Waals surface area (Å²) in [5, 5.41) is 1.29. The molecule has 1 saturated heterocycles. The second kappa shape index (κ2) is 6.69. The van der Waals surface area contributed by atoms with E-state index in [1.54, 1.807) is 29.2 Å². The Bertz CT molecular complexity index is 673. The maximum absolute atomic E-state index is 12.6. The number of ether oxygens (including phenoxy) is 1. The number of hydrogen-bond acceptors (Lipinski definition) is 2. The van der Waals surface area contributed by atoms with Crippen LogP contribution < -0.4 is 0 Å². The summed E-state index contributed by atoms with van der Waals surface area (Å²) in [4.78, 5) is 14.4. The second-order valence-corrected chi connectivity index (χ2v) is 6.05. The van der Waals surface area contributed by atoms with Crippen LogP contribution in [0.15, 0.2) is 48.5 Å². The number of hydrogen-bond donors (Lipinski definition) is 0. The molecule has 0 aromatic heterocycles. The van der Waals surface area contributed by atoms with Crippen LogP contribution in [-0.2, 0) is 4.74 Å². The third kappa shape index (κ3) is 3.43. The molecule has 1 aliphatic rings. The van der Waals surface area contributed by atoms with Gasteiger partial charge >= 0.3 is 0 Å². The number of morpholine rings is 1. The molecule has 22 heavy (non-hydrogen) atoms. The standard InChI is InChI=1S/C17H15Cl2NO2/c18-14-6-4-12(5-7-14)17(21)20-8-9-22-16(11-20)13-2-1-3-15(19)10-13/h1-7,10,16H,8-9,11H2. The van der Waals surface area contributed by atoms with Crippen molar-refractivity contribution >= 4 is 29.1 Å². The van der Waals surface area contributed by atoms with Crippen molar-refractivity contribution in [3.63, 3.8) is 0 Å². The summed E-state index contributed by atoms with van der Waals surface area (Å²) in [6, 6.07) is 14.5. The highest BCUT2D eigenvalue weighted by atomic mass is 35.5. The molecule has 3 nitrogen and oxygen atoms in total. The van der Waals surface area contributed by atoms with Gasteiger partial charge in [-0.05, 0) is 42.0 Å². The summed E-state index contributed by atoms with van der Waals surface area (Å²) in [7, 11) is 0. The van der Waals surface area contributed by atoms with Crippen LogP contribution in [-0.4, -0.2) is 30.5 Å². The van der Waals surface area contributed by atoms with E-state index in [0.29, 0.717) is 35.3 Å². The van der Waals surface area contributed by atoms with Gasteiger partial charge in [0.15, 0.2) is 0 Å². The Kier molecular flexibility index (Phi) is 4.67. The van der Waals surface area contributed by atoms with Gasteiger partial charge in [-0.2, -0.15) is 0 Å². The lowest BCUT2D eigenvalue weighted by atomic mass is 10.1. The third-order valence-electron chi connectivity index (χ3n) is 3.67. The average molecular weight is 336 g/mol. The van der Waals surface area contributed by atoms with Crippen molar-refractivity contribution in [3.05, 3.63) is 69.7 Å². The molecule has 1 amide bonds. The number of carbonyl (C=O) groups is 1. The highest BCUT2D eigenvalue weighted by Gasteiger charge is 2.26. The van der Waals surface area contributed by atoms with Gasteiger partial charge in [-0.1, -0.05) is 35.3 Å². The Hall–Kier alpha value is -1.55. The van der Waals surface area contributed by atoms with Gasteiger partial charge in [0.1, 0.15) is 6.10 Å². The molecule has 2 aromatic carbocycles. The normalized spacial score (nSPS) is 18.3. The smallest absolute Gasteiger partial charge is 0.254 e. The summed E-state index contributed by atoms with van der Waals surface area (Å²) >= 11 is 11.9. The summed E-state index contributed by atoms with van der Waals surface area (Å²) in [5.74, 6) is -0.00741. The van der Waals surface area contributed by atoms with Crippen molar-refractivity contribution in [3.8, 4) is 0 Å². The number of halogens is 2. The zero-order valence-electron chi connectivity index (χ0n) is 11.8. The van der Waals surface area contributed by atoms with E-state index in [9.17, 15) is 4.79 Å². The van der Waals surface area contributed by atoms with Gasteiger partial charge in [0.2, 0.25) is 0 Å². The molecular weight excluding hydrogens is 321 g/mol. The Balaban J connectivity index is 1.75. The SMILES string of the molecule is O=C(c1ccc(Cl)cc1)N1CCOC(c2cccc(Cl)c2)C1. The average Bonchev–Trinajstić information content (AvgIpc) is 2.55. The van der Waals surface area contributed by atoms with Crippen molar-refractivity contribution in [2.75, 3.05) is 19.7 Å². The Labute approximate surface area is 139 Å². The van der Waals surface area contributed by atoms with Crippen molar-refractivity contribution in [1.82, 2.24) is 4.90 Å². The first kappa shape index (κ1) is 15.3. The lowest BCUT2D eigenvalue weighted by Gasteiger charge is -2.33. The molecule has 0 bridgehead atoms. The van der Waals surface area contributed by atoms with Crippen molar-refractivity contribution < 1.29 is 9.53 Å². The topological polar surface area (TPSA) is 29.5 Å². The number of carbonyl (C=O) groups excluding carboxylic acids is 1. The molecule has 1 atom stereocenters. The lowest BCUT2D eigenvalue weighted by molar-refractivity contribution is -0.0228. The first-order valence-electron chi connectivity index (χ1n) is 7.05. The van der Waals surface area contributed by atoms with Gasteiger partial charge in [-0.15, -0.1) is 0 Å². The van der Waals surface area contributed by atoms with Crippen molar-refractivity contribution in [2.24, 2.45) is 0 Å². The summed E-state index contributed by atoms with van der Waals surface area (Å²) in [6.07, 6.45) is -0.149. The monoisotopic (exact) mass is 335 g/mol. The van der Waals surface area contributed by atoms with E-state index >= 15 is 0 Å². The van der Waals surface area contributed by atoms with Crippen molar-refractivity contribution in [1.29, 1.82) is 0 Å². The Morgan fingerprint density at radius 1 is 1.09 bits per heavy atom. The van der Waals surface area contributed by atoms with Gasteiger partial charge in [-0.3, -0.25) is 4.79 Å². The molecule has 1 heterocycles. The summed E-state index contributed by atoms with van der Waals surface area (Å²) in [5.41, 5.74) is 1.62. The fourth-order valence-electron chi connectivity index (χ4n) is 2.52. The predicted octanol–water partition coefficient (Wildman–Crippen LogP) is 4.21. The molecule has 3 rings (SSSR count). The molecule has 2 aromatic rings. The molecule has 1 aliphatic heterocycles. The Morgan fingerprint density at radius 2 is 1.86 bits per heavy atom. The molecule has 114 valence electrons. The first-order valence-corrected chi connectivity index (χ1v) is 7.81. The van der Waals surface area contributed by atoms with Gasteiger partial charge in [0.05, 0.1) is 13.2 Å². The zero-order valence-corrected chi connectivity index (χ0v) is 13.3. The molecule has 0 radical (unpaired) electrons. The quantitative estimate of drug-likeness (QED) is 0.822. The molecule has 0 saturated carbocycles. The third-order valence-corrected chi connectivity index (χ3v) is 4.15. The molecule has 5 heteroatoms. The minimum Gasteiger partial charge on any atom is -0.370 e. The molecule has 0 spiro atoms. The minimum atomic E-state index is -0.149. The van der Waals surface area contributed by atoms with Crippen LogP contribution in [0, 0.1) is 0 Å². The molecule has 0 N–H and O–H groups in total. The fraction of sp³-hybridized carbons (Fsp3) is 0.235. The van der Waals surface area contributed by atoms with Gasteiger partial charge in [-0.25, -0.2) is 0 Å². The Morgan fingerprint density at radius 3 is 2.59 bits per heavy atom. The number of nitrogens with zero attached hydrogens (tertiary/aromatic N) is 1. The van der Waals surface area contributed by atoms with E-state index in [4.69, 9.17) is 27.9 Å². The molecule has 1 fully saturated rings. The highest BCUT2D eigenvalue weighted by molar-refractivity contribution is 6.30. The van der Waals surface area contributed by atoms with Gasteiger partial charge in [0, 0.05) is 22.2 Å². The van der Waals surface area contributed by atoms with Crippen LogP contribution in [0.2, 0.25) is 10.0 Å². The number of rotatable bonds is 2. The van der Waals surface area contributed by atoms with Gasteiger partial charge < -0.3 is 9.64 Å². The van der Waals surface area contributed by atoms with Crippen LogP contribution in [0.3, 0.4) is 0 Å². The van der Waals surface area contributed by atoms with E-state index < -0.39 is 0 Å². The van der Waals surface area contributed by atoms with Crippen LogP contribution in [0.25, 0.3) is 0 Å². The highest BCUT2D eigenvalue weighted by Crippen LogP contribution is 2.25. The second-order valence-electron chi connectivity index (χ2n) is 5.17. The first-order chi connectivity index (χ1) is 10.6. The lowest BCUT2D eigenvalue weighted by Crippen LogP contribution is -2.42. The van der Waals surface area contributed by atoms with Crippen LogP contribution in [0.1, 0.15) is 22.0 Å². The maximum atomic E-state index is 12.6. The van der Waals surface area contributed by atoms with E-state index in [2.05, 4.69) is 0 Å². The summed E-state index contributed by atoms with van der Waals surface area (Å²) in [6.45, 7) is 1.61. The minimum absolute atomic E-state index is 0.00741. The predicted molar refractivity (Wildman–Crippen MR) is 87.5 cm³/mol. The molecule has 1 unspecified atom stereocenters. The number of amides is 1. The summed E-state index contributed by atoms with van der Waals surface area (Å²) < 4.78 is 5.78. The van der Waals surface area contributed by atoms with Crippen LogP contribution >= 0.6 is 23.2 Å². The van der Waals surface area contributed by atoms with E-state index in [1.807, 2.05) is 24.3 Å². The number of benzene rings is 2. The van der Waals surface area contributed by atoms with E-state index in [-0.39, 0.29) is 12.0 Å².